The second-order valence-corrected chi connectivity index (χ2v) is 9.57. The van der Waals surface area contributed by atoms with E-state index in [0.29, 0.717) is 0 Å². The summed E-state index contributed by atoms with van der Waals surface area (Å²) in [5.41, 5.74) is 1.15. The van der Waals surface area contributed by atoms with Crippen molar-refractivity contribution in [3.8, 4) is 0 Å². The number of hydrogen-bond donors (Lipinski definition) is 2. The van der Waals surface area contributed by atoms with Crippen LogP contribution in [-0.4, -0.2) is 11.1 Å². The maximum atomic E-state index is 14.3. The van der Waals surface area contributed by atoms with E-state index in [9.17, 15) is 9.36 Å². The summed E-state index contributed by atoms with van der Waals surface area (Å²) in [6.45, 7) is 4.12. The van der Waals surface area contributed by atoms with Crippen molar-refractivity contribution < 1.29 is 14.5 Å². The largest absolute Gasteiger partial charge is 0.478 e. The highest BCUT2D eigenvalue weighted by molar-refractivity contribution is 7.76. The lowest BCUT2D eigenvalue weighted by molar-refractivity contribution is 0.0697. The molecule has 0 spiro atoms. The number of benzene rings is 3. The molecule has 144 valence electrons. The van der Waals surface area contributed by atoms with Crippen molar-refractivity contribution >= 4 is 23.9 Å². The molecule has 3 aromatic rings. The number of aromatic carboxylic acids is 1. The highest BCUT2D eigenvalue weighted by Crippen LogP contribution is 2.43. The topological polar surface area (TPSA) is 66.4 Å². The van der Waals surface area contributed by atoms with E-state index < -0.39 is 13.3 Å². The van der Waals surface area contributed by atoms with Gasteiger partial charge in [-0.1, -0.05) is 62.4 Å². The maximum Gasteiger partial charge on any atom is 0.335 e. The number of hydrogen-bond acceptors (Lipinski definition) is 2. The number of rotatable bonds is 7. The zero-order chi connectivity index (χ0) is 20.1. The van der Waals surface area contributed by atoms with Crippen LogP contribution in [0.1, 0.15) is 35.8 Å². The smallest absolute Gasteiger partial charge is 0.335 e. The normalized spacial score (nSPS) is 12.7. The van der Waals surface area contributed by atoms with Gasteiger partial charge in [-0.05, 0) is 47.9 Å². The molecule has 0 aliphatic heterocycles. The quantitative estimate of drug-likeness (QED) is 0.576. The van der Waals surface area contributed by atoms with Crippen molar-refractivity contribution in [3.05, 3.63) is 96.1 Å². The summed E-state index contributed by atoms with van der Waals surface area (Å²) in [6.07, 6.45) is 0. The van der Waals surface area contributed by atoms with Gasteiger partial charge in [-0.15, -0.1) is 0 Å². The van der Waals surface area contributed by atoms with Crippen molar-refractivity contribution in [2.24, 2.45) is 5.92 Å². The third-order valence-electron chi connectivity index (χ3n) is 4.74. The van der Waals surface area contributed by atoms with Gasteiger partial charge < -0.3 is 5.11 Å². The Kier molecular flexibility index (Phi) is 6.13. The zero-order valence-corrected chi connectivity index (χ0v) is 16.8. The van der Waals surface area contributed by atoms with E-state index in [1.165, 1.54) is 0 Å². The summed E-state index contributed by atoms with van der Waals surface area (Å²) in [7, 11) is -3.10. The molecule has 0 fully saturated rings. The molecule has 2 N–H and O–H groups in total. The molecule has 0 saturated heterocycles. The van der Waals surface area contributed by atoms with E-state index in [1.807, 2.05) is 60.7 Å². The number of carboxylic acids is 1. The Labute approximate surface area is 165 Å². The highest BCUT2D eigenvalue weighted by Gasteiger charge is 2.31. The first-order valence-corrected chi connectivity index (χ1v) is 10.9. The lowest BCUT2D eigenvalue weighted by Crippen LogP contribution is -2.32. The predicted molar refractivity (Wildman–Crippen MR) is 114 cm³/mol. The summed E-state index contributed by atoms with van der Waals surface area (Å²) < 4.78 is 14.3. The molecule has 3 aromatic carbocycles. The molecule has 0 aliphatic carbocycles. The molecule has 4 nitrogen and oxygen atoms in total. The molecule has 5 heteroatoms. The number of carboxylic acid groups (broad SMARTS) is 1. The number of nitrogens with one attached hydrogen (secondary N) is 1. The van der Waals surface area contributed by atoms with Crippen molar-refractivity contribution in [2.75, 3.05) is 0 Å². The third-order valence-corrected chi connectivity index (χ3v) is 7.44. The molecule has 0 unspecified atom stereocenters. The Morgan fingerprint density at radius 2 is 1.29 bits per heavy atom. The Bertz CT molecular complexity index is 926. The summed E-state index contributed by atoms with van der Waals surface area (Å²) in [5, 5.41) is 14.1. The van der Waals surface area contributed by atoms with Crippen LogP contribution in [0.5, 0.6) is 0 Å². The Morgan fingerprint density at radius 1 is 0.821 bits per heavy atom. The van der Waals surface area contributed by atoms with E-state index in [1.54, 1.807) is 24.3 Å². The fraction of sp³-hybridized carbons (Fsp3) is 0.174. The van der Waals surface area contributed by atoms with E-state index in [-0.39, 0.29) is 17.5 Å². The standard InChI is InChI=1S/C23H24NO3P/c1-17(2)22(18-13-15-19(16-14-18)23(25)26)24-28(27,20-9-5-3-6-10-20)21-11-7-4-8-12-21/h3-17,22H,1-2H3,(H,24,27)(H,25,26)/t22-/m0/s1. The van der Waals surface area contributed by atoms with Crippen LogP contribution in [0.4, 0.5) is 0 Å². The van der Waals surface area contributed by atoms with Crippen LogP contribution in [0.3, 0.4) is 0 Å². The van der Waals surface area contributed by atoms with E-state index in [4.69, 9.17) is 5.11 Å². The van der Waals surface area contributed by atoms with Gasteiger partial charge in [0.2, 0.25) is 7.29 Å². The summed E-state index contributed by atoms with van der Waals surface area (Å²) in [6, 6.07) is 25.4. The molecule has 3 rings (SSSR count). The maximum absolute atomic E-state index is 14.3. The van der Waals surface area contributed by atoms with Gasteiger partial charge in [0.05, 0.1) is 5.56 Å². The molecule has 0 aromatic heterocycles. The fourth-order valence-electron chi connectivity index (χ4n) is 3.21. The Balaban J connectivity index is 2.05. The van der Waals surface area contributed by atoms with Gasteiger partial charge >= 0.3 is 5.97 Å². The molecule has 0 radical (unpaired) electrons. The molecule has 0 aliphatic rings. The van der Waals surface area contributed by atoms with Crippen molar-refractivity contribution in [1.29, 1.82) is 0 Å². The van der Waals surface area contributed by atoms with Gasteiger partial charge in [-0.25, -0.2) is 4.79 Å². The molecule has 0 bridgehead atoms. The molecule has 1 atom stereocenters. The average molecular weight is 393 g/mol. The summed E-state index contributed by atoms with van der Waals surface area (Å²) in [4.78, 5) is 11.2. The van der Waals surface area contributed by atoms with Gasteiger partial charge in [0, 0.05) is 16.7 Å². The number of carbonyl (C=O) groups is 1. The molecule has 28 heavy (non-hydrogen) atoms. The molecule has 0 heterocycles. The zero-order valence-electron chi connectivity index (χ0n) is 15.9. The van der Waals surface area contributed by atoms with Gasteiger partial charge in [0.15, 0.2) is 0 Å². The van der Waals surface area contributed by atoms with E-state index in [2.05, 4.69) is 18.9 Å². The molecule has 0 saturated carbocycles. The van der Waals surface area contributed by atoms with Gasteiger partial charge in [-0.3, -0.25) is 9.65 Å². The van der Waals surface area contributed by atoms with Gasteiger partial charge in [0.1, 0.15) is 0 Å². The van der Waals surface area contributed by atoms with Crippen LogP contribution in [-0.2, 0) is 4.57 Å². The minimum absolute atomic E-state index is 0.149. The fourth-order valence-corrected chi connectivity index (χ4v) is 5.83. The van der Waals surface area contributed by atoms with Crippen LogP contribution in [0, 0.1) is 5.92 Å². The lowest BCUT2D eigenvalue weighted by Gasteiger charge is -2.30. The molecule has 0 amide bonds. The first kappa shape index (κ1) is 20.1. The second kappa shape index (κ2) is 8.55. The van der Waals surface area contributed by atoms with Crippen LogP contribution < -0.4 is 15.7 Å². The summed E-state index contributed by atoms with van der Waals surface area (Å²) in [5.74, 6) is -0.809. The lowest BCUT2D eigenvalue weighted by atomic mass is 9.96. The highest BCUT2D eigenvalue weighted by atomic mass is 31.2. The first-order valence-electron chi connectivity index (χ1n) is 9.24. The first-order chi connectivity index (χ1) is 13.4. The monoisotopic (exact) mass is 393 g/mol. The van der Waals surface area contributed by atoms with E-state index in [0.717, 1.165) is 16.2 Å². The minimum Gasteiger partial charge on any atom is -0.478 e. The third kappa shape index (κ3) is 4.24. The SMILES string of the molecule is CC(C)[C@H](NP(=O)(c1ccccc1)c1ccccc1)c1ccc(C(=O)O)cc1. The Morgan fingerprint density at radius 3 is 1.68 bits per heavy atom. The second-order valence-electron chi connectivity index (χ2n) is 7.06. The van der Waals surface area contributed by atoms with E-state index >= 15 is 0 Å². The minimum atomic E-state index is -3.10. The Hall–Kier alpha value is -2.68. The van der Waals surface area contributed by atoms with Crippen molar-refractivity contribution in [1.82, 2.24) is 5.09 Å². The van der Waals surface area contributed by atoms with Crippen LogP contribution in [0.25, 0.3) is 0 Å². The predicted octanol–water partition coefficient (Wildman–Crippen LogP) is 4.60. The molecular formula is C23H24NO3P. The average Bonchev–Trinajstić information content (AvgIpc) is 2.73. The van der Waals surface area contributed by atoms with Gasteiger partial charge in [-0.2, -0.15) is 0 Å². The molecular weight excluding hydrogens is 369 g/mol. The van der Waals surface area contributed by atoms with Crippen LogP contribution in [0.2, 0.25) is 0 Å². The van der Waals surface area contributed by atoms with Gasteiger partial charge in [0.25, 0.3) is 0 Å². The van der Waals surface area contributed by atoms with Crippen LogP contribution >= 0.6 is 7.29 Å². The van der Waals surface area contributed by atoms with Crippen molar-refractivity contribution in [3.63, 3.8) is 0 Å². The summed E-state index contributed by atoms with van der Waals surface area (Å²) >= 11 is 0. The van der Waals surface area contributed by atoms with Crippen molar-refractivity contribution in [2.45, 2.75) is 19.9 Å². The van der Waals surface area contributed by atoms with Crippen LogP contribution in [0.15, 0.2) is 84.9 Å².